The summed E-state index contributed by atoms with van der Waals surface area (Å²) in [5.41, 5.74) is 0. The third-order valence-corrected chi connectivity index (χ3v) is 3.59. The summed E-state index contributed by atoms with van der Waals surface area (Å²) in [6.45, 7) is 5.40. The van der Waals surface area contributed by atoms with Crippen LogP contribution >= 0.6 is 0 Å². The Bertz CT molecular complexity index is 206. The summed E-state index contributed by atoms with van der Waals surface area (Å²) in [5, 5.41) is 3.44. The lowest BCUT2D eigenvalue weighted by atomic mass is 9.79. The molecule has 0 aromatic carbocycles. The summed E-state index contributed by atoms with van der Waals surface area (Å²) in [6, 6.07) is 0.598. The van der Waals surface area contributed by atoms with E-state index in [0.29, 0.717) is 12.5 Å². The number of rotatable bonds is 4. The molecule has 3 nitrogen and oxygen atoms in total. The molecular weight excluding hydrogens is 190 g/mol. The largest absolute Gasteiger partial charge is 0.469 e. The van der Waals surface area contributed by atoms with Crippen LogP contribution < -0.4 is 5.32 Å². The Morgan fingerprint density at radius 3 is 2.67 bits per heavy atom. The van der Waals surface area contributed by atoms with Gasteiger partial charge in [0.25, 0.3) is 0 Å². The molecule has 0 heterocycles. The van der Waals surface area contributed by atoms with Gasteiger partial charge < -0.3 is 10.1 Å². The average Bonchev–Trinajstić information content (AvgIpc) is 2.23. The van der Waals surface area contributed by atoms with E-state index in [9.17, 15) is 4.79 Å². The summed E-state index contributed by atoms with van der Waals surface area (Å²) in [6.07, 6.45) is 4.27. The van der Waals surface area contributed by atoms with Crippen LogP contribution in [0, 0.1) is 11.8 Å². The fourth-order valence-corrected chi connectivity index (χ4v) is 2.21. The van der Waals surface area contributed by atoms with Crippen LogP contribution in [0.1, 0.15) is 39.5 Å². The van der Waals surface area contributed by atoms with E-state index in [4.69, 9.17) is 0 Å². The van der Waals surface area contributed by atoms with Gasteiger partial charge in [-0.2, -0.15) is 0 Å². The van der Waals surface area contributed by atoms with E-state index < -0.39 is 0 Å². The van der Waals surface area contributed by atoms with Crippen LogP contribution in [0.5, 0.6) is 0 Å². The van der Waals surface area contributed by atoms with Gasteiger partial charge in [0.05, 0.1) is 13.5 Å². The highest BCUT2D eigenvalue weighted by Gasteiger charge is 2.23. The zero-order valence-electron chi connectivity index (χ0n) is 10.1. The first-order valence-electron chi connectivity index (χ1n) is 5.93. The number of methoxy groups -OCH3 is 1. The fraction of sp³-hybridized carbons (Fsp3) is 0.917. The molecule has 0 aromatic rings. The van der Waals surface area contributed by atoms with Crippen molar-refractivity contribution in [3.8, 4) is 0 Å². The number of hydrogen-bond acceptors (Lipinski definition) is 3. The van der Waals surface area contributed by atoms with Crippen molar-refractivity contribution in [2.24, 2.45) is 11.8 Å². The number of nitrogens with one attached hydrogen (secondary N) is 1. The molecule has 1 aliphatic carbocycles. The summed E-state index contributed by atoms with van der Waals surface area (Å²) in [5.74, 6) is 1.53. The van der Waals surface area contributed by atoms with Crippen molar-refractivity contribution in [3.63, 3.8) is 0 Å². The van der Waals surface area contributed by atoms with Crippen molar-refractivity contribution < 1.29 is 9.53 Å². The highest BCUT2D eigenvalue weighted by Crippen LogP contribution is 2.29. The van der Waals surface area contributed by atoms with Gasteiger partial charge in [-0.3, -0.25) is 4.79 Å². The Balaban J connectivity index is 2.14. The van der Waals surface area contributed by atoms with Crippen LogP contribution in [0.25, 0.3) is 0 Å². The van der Waals surface area contributed by atoms with Crippen LogP contribution in [-0.2, 0) is 9.53 Å². The molecule has 1 N–H and O–H groups in total. The molecule has 3 atom stereocenters. The first kappa shape index (κ1) is 12.5. The van der Waals surface area contributed by atoms with Crippen molar-refractivity contribution in [1.82, 2.24) is 5.32 Å². The maximum atomic E-state index is 10.9. The second kappa shape index (κ2) is 6.11. The van der Waals surface area contributed by atoms with Crippen LogP contribution in [0.3, 0.4) is 0 Å². The van der Waals surface area contributed by atoms with E-state index in [-0.39, 0.29) is 5.97 Å². The first-order valence-corrected chi connectivity index (χ1v) is 5.93. The molecule has 88 valence electrons. The predicted molar refractivity (Wildman–Crippen MR) is 60.6 cm³/mol. The van der Waals surface area contributed by atoms with E-state index in [2.05, 4.69) is 23.9 Å². The highest BCUT2D eigenvalue weighted by molar-refractivity contribution is 5.69. The Morgan fingerprint density at radius 2 is 2.07 bits per heavy atom. The maximum absolute atomic E-state index is 10.9. The molecule has 1 saturated carbocycles. The molecule has 0 amide bonds. The second-order valence-electron chi connectivity index (χ2n) is 4.74. The van der Waals surface area contributed by atoms with Gasteiger partial charge in [-0.25, -0.2) is 0 Å². The van der Waals surface area contributed by atoms with Crippen molar-refractivity contribution >= 4 is 5.97 Å². The minimum Gasteiger partial charge on any atom is -0.469 e. The molecule has 1 rings (SSSR count). The average molecular weight is 213 g/mol. The van der Waals surface area contributed by atoms with Crippen molar-refractivity contribution in [1.29, 1.82) is 0 Å². The van der Waals surface area contributed by atoms with E-state index in [1.54, 1.807) is 0 Å². The number of hydrogen-bond donors (Lipinski definition) is 1. The van der Waals surface area contributed by atoms with Gasteiger partial charge in [0.1, 0.15) is 0 Å². The second-order valence-corrected chi connectivity index (χ2v) is 4.74. The Kier molecular flexibility index (Phi) is 5.09. The van der Waals surface area contributed by atoms with E-state index in [1.165, 1.54) is 26.4 Å². The monoisotopic (exact) mass is 213 g/mol. The SMILES string of the molecule is COC(=O)CCNC1CCC(C)C(C)C1. The molecule has 1 fully saturated rings. The van der Waals surface area contributed by atoms with Crippen molar-refractivity contribution in [2.45, 2.75) is 45.6 Å². The standard InChI is InChI=1S/C12H23NO2/c1-9-4-5-11(8-10(9)2)13-7-6-12(14)15-3/h9-11,13H,4-8H2,1-3H3. The fourth-order valence-electron chi connectivity index (χ4n) is 2.21. The Morgan fingerprint density at radius 1 is 1.33 bits per heavy atom. The first-order chi connectivity index (χ1) is 7.13. The zero-order chi connectivity index (χ0) is 11.3. The molecule has 0 spiro atoms. The van der Waals surface area contributed by atoms with Gasteiger partial charge in [0.2, 0.25) is 0 Å². The van der Waals surface area contributed by atoms with Crippen LogP contribution in [0.15, 0.2) is 0 Å². The predicted octanol–water partition coefficient (Wildman–Crippen LogP) is 1.96. The van der Waals surface area contributed by atoms with Gasteiger partial charge in [0, 0.05) is 12.6 Å². The lowest BCUT2D eigenvalue weighted by Gasteiger charge is -2.32. The summed E-state index contributed by atoms with van der Waals surface area (Å²) in [4.78, 5) is 10.9. The molecule has 3 unspecified atom stereocenters. The lowest BCUT2D eigenvalue weighted by molar-refractivity contribution is -0.140. The molecule has 1 aliphatic rings. The van der Waals surface area contributed by atoms with Gasteiger partial charge in [-0.05, 0) is 31.1 Å². The molecule has 0 saturated heterocycles. The minimum atomic E-state index is -0.125. The van der Waals surface area contributed by atoms with Gasteiger partial charge in [-0.1, -0.05) is 13.8 Å². The third-order valence-electron chi connectivity index (χ3n) is 3.59. The van der Waals surface area contributed by atoms with Crippen LogP contribution in [0.4, 0.5) is 0 Å². The Hall–Kier alpha value is -0.570. The molecule has 0 aliphatic heterocycles. The number of carbonyl (C=O) groups excluding carboxylic acids is 1. The molecule has 0 bridgehead atoms. The molecule has 0 radical (unpaired) electrons. The third kappa shape index (κ3) is 4.20. The topological polar surface area (TPSA) is 38.3 Å². The molecule has 3 heteroatoms. The molecule has 15 heavy (non-hydrogen) atoms. The van der Waals surface area contributed by atoms with Crippen molar-refractivity contribution in [3.05, 3.63) is 0 Å². The van der Waals surface area contributed by atoms with Gasteiger partial charge in [-0.15, -0.1) is 0 Å². The van der Waals surface area contributed by atoms with Crippen molar-refractivity contribution in [2.75, 3.05) is 13.7 Å². The Labute approximate surface area is 92.6 Å². The normalized spacial score (nSPS) is 31.3. The molecule has 0 aromatic heterocycles. The number of carbonyl (C=O) groups is 1. The van der Waals surface area contributed by atoms with Crippen LogP contribution in [0.2, 0.25) is 0 Å². The lowest BCUT2D eigenvalue weighted by Crippen LogP contribution is -2.37. The number of esters is 1. The van der Waals surface area contributed by atoms with Gasteiger partial charge in [0.15, 0.2) is 0 Å². The van der Waals surface area contributed by atoms with E-state index in [1.807, 2.05) is 0 Å². The minimum absolute atomic E-state index is 0.125. The molecular formula is C12H23NO2. The number of ether oxygens (including phenoxy) is 1. The van der Waals surface area contributed by atoms with E-state index in [0.717, 1.165) is 18.4 Å². The summed E-state index contributed by atoms with van der Waals surface area (Å²) < 4.78 is 4.60. The summed E-state index contributed by atoms with van der Waals surface area (Å²) >= 11 is 0. The smallest absolute Gasteiger partial charge is 0.306 e. The maximum Gasteiger partial charge on any atom is 0.306 e. The van der Waals surface area contributed by atoms with E-state index >= 15 is 0 Å². The van der Waals surface area contributed by atoms with Crippen LogP contribution in [-0.4, -0.2) is 25.7 Å². The summed E-state index contributed by atoms with van der Waals surface area (Å²) in [7, 11) is 1.44. The van der Waals surface area contributed by atoms with Gasteiger partial charge >= 0.3 is 5.97 Å². The highest BCUT2D eigenvalue weighted by atomic mass is 16.5. The zero-order valence-corrected chi connectivity index (χ0v) is 10.1. The quantitative estimate of drug-likeness (QED) is 0.726.